The molecule has 4 heteroatoms. The molecule has 0 bridgehead atoms. The molecule has 0 spiro atoms. The van der Waals surface area contributed by atoms with Gasteiger partial charge in [0.1, 0.15) is 0 Å². The van der Waals surface area contributed by atoms with Crippen molar-refractivity contribution in [1.82, 2.24) is 0 Å². The van der Waals surface area contributed by atoms with Crippen molar-refractivity contribution in [2.24, 2.45) is 0 Å². The summed E-state index contributed by atoms with van der Waals surface area (Å²) in [4.78, 5) is 12.6. The van der Waals surface area contributed by atoms with E-state index in [1.165, 1.54) is 11.3 Å². The van der Waals surface area contributed by atoms with Gasteiger partial charge in [-0.05, 0) is 51.8 Å². The monoisotopic (exact) mass is 370 g/mol. The number of halogens is 2. The van der Waals surface area contributed by atoms with E-state index in [1.54, 1.807) is 6.08 Å². The van der Waals surface area contributed by atoms with Gasteiger partial charge in [0, 0.05) is 4.47 Å². The fourth-order valence-corrected chi connectivity index (χ4v) is 3.03. The van der Waals surface area contributed by atoms with Crippen LogP contribution in [0.4, 0.5) is 0 Å². The lowest BCUT2D eigenvalue weighted by Gasteiger charge is -1.96. The second kappa shape index (κ2) is 5.76. The van der Waals surface area contributed by atoms with Gasteiger partial charge in [-0.2, -0.15) is 0 Å². The molecule has 0 aliphatic heterocycles. The fourth-order valence-electron chi connectivity index (χ4n) is 1.30. The van der Waals surface area contributed by atoms with Gasteiger partial charge < -0.3 is 0 Å². The summed E-state index contributed by atoms with van der Waals surface area (Å²) in [5, 5.41) is 0. The van der Waals surface area contributed by atoms with Crippen LogP contribution in [0.15, 0.2) is 50.7 Å². The van der Waals surface area contributed by atoms with Crippen molar-refractivity contribution in [3.8, 4) is 0 Å². The molecule has 0 N–H and O–H groups in total. The molecular formula is C13H8Br2OS. The highest BCUT2D eigenvalue weighted by Crippen LogP contribution is 2.23. The summed E-state index contributed by atoms with van der Waals surface area (Å²) in [7, 11) is 0. The molecule has 0 fully saturated rings. The maximum atomic E-state index is 11.8. The van der Waals surface area contributed by atoms with Crippen LogP contribution >= 0.6 is 43.2 Å². The van der Waals surface area contributed by atoms with Crippen LogP contribution in [0.1, 0.15) is 15.2 Å². The van der Waals surface area contributed by atoms with Gasteiger partial charge in [0.25, 0.3) is 0 Å². The molecule has 1 nitrogen and oxygen atoms in total. The van der Waals surface area contributed by atoms with Crippen molar-refractivity contribution in [2.75, 3.05) is 0 Å². The lowest BCUT2D eigenvalue weighted by Crippen LogP contribution is -1.88. The van der Waals surface area contributed by atoms with Crippen LogP contribution in [-0.4, -0.2) is 5.78 Å². The maximum absolute atomic E-state index is 11.8. The summed E-state index contributed by atoms with van der Waals surface area (Å²) < 4.78 is 1.95. The Morgan fingerprint density at radius 1 is 1.12 bits per heavy atom. The van der Waals surface area contributed by atoms with E-state index in [2.05, 4.69) is 31.9 Å². The lowest BCUT2D eigenvalue weighted by atomic mass is 10.2. The van der Waals surface area contributed by atoms with Crippen LogP contribution in [0, 0.1) is 0 Å². The van der Waals surface area contributed by atoms with E-state index in [9.17, 15) is 4.79 Å². The first-order valence-corrected chi connectivity index (χ1v) is 7.29. The number of benzene rings is 1. The van der Waals surface area contributed by atoms with E-state index >= 15 is 0 Å². The summed E-state index contributed by atoms with van der Waals surface area (Å²) in [5.74, 6) is 0.0245. The Kier molecular flexibility index (Phi) is 4.31. The third-order valence-electron chi connectivity index (χ3n) is 2.14. The first kappa shape index (κ1) is 12.7. The van der Waals surface area contributed by atoms with Crippen LogP contribution < -0.4 is 0 Å². The van der Waals surface area contributed by atoms with Gasteiger partial charge in [-0.1, -0.05) is 34.1 Å². The topological polar surface area (TPSA) is 17.1 Å². The standard InChI is InChI=1S/C13H8Br2OS/c14-10-4-2-1-3-9(10)5-6-11(16)12-7-8-13(15)17-12/h1-8H/b6-5+. The number of allylic oxidation sites excluding steroid dienone is 1. The predicted octanol–water partition coefficient (Wildman–Crippen LogP) is 5.17. The summed E-state index contributed by atoms with van der Waals surface area (Å²) in [5.41, 5.74) is 0.997. The highest BCUT2D eigenvalue weighted by Gasteiger charge is 2.04. The quantitative estimate of drug-likeness (QED) is 0.537. The average Bonchev–Trinajstić information content (AvgIpc) is 2.74. The molecule has 0 aliphatic carbocycles. The van der Waals surface area contributed by atoms with E-state index < -0.39 is 0 Å². The summed E-state index contributed by atoms with van der Waals surface area (Å²) in [6.45, 7) is 0. The maximum Gasteiger partial charge on any atom is 0.195 e. The molecule has 2 aromatic rings. The number of thiophene rings is 1. The molecule has 0 aliphatic rings. The number of hydrogen-bond donors (Lipinski definition) is 0. The number of ketones is 1. The molecule has 0 radical (unpaired) electrons. The van der Waals surface area contributed by atoms with Crippen LogP contribution in [0.3, 0.4) is 0 Å². The van der Waals surface area contributed by atoms with E-state index in [4.69, 9.17) is 0 Å². The third kappa shape index (κ3) is 3.37. The first-order chi connectivity index (χ1) is 8.16. The second-order valence-corrected chi connectivity index (χ2v) is 6.64. The Balaban J connectivity index is 2.17. The van der Waals surface area contributed by atoms with Gasteiger partial charge in [0.2, 0.25) is 0 Å². The fraction of sp³-hybridized carbons (Fsp3) is 0. The molecule has 0 saturated heterocycles. The zero-order valence-corrected chi connectivity index (χ0v) is 12.7. The van der Waals surface area contributed by atoms with Gasteiger partial charge in [0.15, 0.2) is 5.78 Å². The molecule has 0 atom stereocenters. The average molecular weight is 372 g/mol. The predicted molar refractivity (Wildman–Crippen MR) is 79.5 cm³/mol. The van der Waals surface area contributed by atoms with E-state index in [1.807, 2.05) is 42.5 Å². The molecule has 0 amide bonds. The minimum absolute atomic E-state index is 0.0245. The van der Waals surface area contributed by atoms with Crippen molar-refractivity contribution in [1.29, 1.82) is 0 Å². The molecule has 1 aromatic heterocycles. The van der Waals surface area contributed by atoms with Crippen molar-refractivity contribution in [3.05, 3.63) is 61.2 Å². The Hall–Kier alpha value is -0.710. The van der Waals surface area contributed by atoms with Crippen molar-refractivity contribution in [2.45, 2.75) is 0 Å². The summed E-state index contributed by atoms with van der Waals surface area (Å²) >= 11 is 8.22. The molecule has 86 valence electrons. The molecule has 1 heterocycles. The SMILES string of the molecule is O=C(/C=C/c1ccccc1Br)c1ccc(Br)s1. The highest BCUT2D eigenvalue weighted by atomic mass is 79.9. The van der Waals surface area contributed by atoms with Crippen molar-refractivity contribution >= 4 is 55.1 Å². The third-order valence-corrected chi connectivity index (χ3v) is 4.50. The lowest BCUT2D eigenvalue weighted by molar-refractivity contribution is 0.105. The highest BCUT2D eigenvalue weighted by molar-refractivity contribution is 9.11. The van der Waals surface area contributed by atoms with Gasteiger partial charge >= 0.3 is 0 Å². The molecular weight excluding hydrogens is 364 g/mol. The zero-order valence-electron chi connectivity index (χ0n) is 8.69. The molecule has 1 aromatic carbocycles. The summed E-state index contributed by atoms with van der Waals surface area (Å²) in [6.07, 6.45) is 3.42. The molecule has 17 heavy (non-hydrogen) atoms. The van der Waals surface area contributed by atoms with E-state index in [0.29, 0.717) is 0 Å². The number of hydrogen-bond acceptors (Lipinski definition) is 2. The number of carbonyl (C=O) groups excluding carboxylic acids is 1. The second-order valence-electron chi connectivity index (χ2n) is 3.32. The van der Waals surface area contributed by atoms with Crippen LogP contribution in [-0.2, 0) is 0 Å². The molecule has 0 unspecified atom stereocenters. The summed E-state index contributed by atoms with van der Waals surface area (Å²) in [6, 6.07) is 11.5. The van der Waals surface area contributed by atoms with Crippen LogP contribution in [0.5, 0.6) is 0 Å². The largest absolute Gasteiger partial charge is 0.288 e. The van der Waals surface area contributed by atoms with Gasteiger partial charge in [-0.25, -0.2) is 0 Å². The number of carbonyl (C=O) groups is 1. The smallest absolute Gasteiger partial charge is 0.195 e. The van der Waals surface area contributed by atoms with Gasteiger partial charge in [-0.15, -0.1) is 11.3 Å². The minimum Gasteiger partial charge on any atom is -0.288 e. The Morgan fingerprint density at radius 2 is 1.88 bits per heavy atom. The Labute approximate surface area is 120 Å². The van der Waals surface area contributed by atoms with Crippen molar-refractivity contribution in [3.63, 3.8) is 0 Å². The van der Waals surface area contributed by atoms with Gasteiger partial charge in [-0.3, -0.25) is 4.79 Å². The van der Waals surface area contributed by atoms with Crippen LogP contribution in [0.2, 0.25) is 0 Å². The van der Waals surface area contributed by atoms with E-state index in [-0.39, 0.29) is 5.78 Å². The number of rotatable bonds is 3. The van der Waals surface area contributed by atoms with Crippen molar-refractivity contribution < 1.29 is 4.79 Å². The van der Waals surface area contributed by atoms with Gasteiger partial charge in [0.05, 0.1) is 8.66 Å². The van der Waals surface area contributed by atoms with Crippen LogP contribution in [0.25, 0.3) is 6.08 Å². The molecule has 2 rings (SSSR count). The zero-order chi connectivity index (χ0) is 12.3. The minimum atomic E-state index is 0.0245. The normalized spacial score (nSPS) is 10.9. The Morgan fingerprint density at radius 3 is 2.53 bits per heavy atom. The first-order valence-electron chi connectivity index (χ1n) is 4.89. The molecule has 0 saturated carbocycles. The van der Waals surface area contributed by atoms with E-state index in [0.717, 1.165) is 18.7 Å². The Bertz CT molecular complexity index is 572.